The fraction of sp³-hybridized carbons (Fsp3) is 0.720. The molecule has 0 saturated heterocycles. The average molecular weight is 506 g/mol. The van der Waals surface area contributed by atoms with E-state index in [1.165, 1.54) is 26.8 Å². The molecule has 1 N–H and O–H groups in total. The van der Waals surface area contributed by atoms with Crippen molar-refractivity contribution in [1.82, 2.24) is 0 Å². The smallest absolute Gasteiger partial charge is 0.306 e. The SMILES string of the molecule is [2H]C([2H])([2H])C([2H])([2H])C(=O)O[C@]1(C(=O)SCF)[C@H](C)C[C@H]2[C@@H]3C[C@H](F)C4=CC(=O)C=C[C@]4(C)[C@@]3(F)[C@@H](O)C[C@@]21C. The van der Waals surface area contributed by atoms with E-state index in [0.29, 0.717) is 0 Å². The molecule has 4 aliphatic carbocycles. The van der Waals surface area contributed by atoms with Gasteiger partial charge in [0.1, 0.15) is 12.2 Å². The van der Waals surface area contributed by atoms with Crippen LogP contribution in [0, 0.1) is 28.6 Å². The van der Waals surface area contributed by atoms with E-state index < -0.39 is 101 Å². The molecule has 0 aromatic carbocycles. The van der Waals surface area contributed by atoms with E-state index in [0.717, 1.165) is 12.2 Å². The molecule has 9 atom stereocenters. The maximum absolute atomic E-state index is 17.4. The molecule has 3 saturated carbocycles. The highest BCUT2D eigenvalue weighted by Crippen LogP contribution is 2.72. The van der Waals surface area contributed by atoms with Crippen LogP contribution in [0.5, 0.6) is 0 Å². The Hall–Kier alpha value is -1.61. The van der Waals surface area contributed by atoms with Crippen LogP contribution in [0.1, 0.15) is 60.1 Å². The lowest BCUT2D eigenvalue weighted by atomic mass is 9.44. The fourth-order valence-corrected chi connectivity index (χ4v) is 8.34. The molecule has 0 bridgehead atoms. The fourth-order valence-electron chi connectivity index (χ4n) is 7.55. The van der Waals surface area contributed by atoms with Gasteiger partial charge in [-0.25, -0.2) is 13.2 Å². The number of hydrogen-bond donors (Lipinski definition) is 1. The van der Waals surface area contributed by atoms with Crippen molar-refractivity contribution < 1.29 is 44.3 Å². The van der Waals surface area contributed by atoms with Gasteiger partial charge in [0.15, 0.2) is 17.1 Å². The van der Waals surface area contributed by atoms with Gasteiger partial charge in [-0.15, -0.1) is 0 Å². The van der Waals surface area contributed by atoms with Gasteiger partial charge < -0.3 is 9.84 Å². The van der Waals surface area contributed by atoms with Crippen molar-refractivity contribution in [2.75, 3.05) is 6.01 Å². The van der Waals surface area contributed by atoms with E-state index in [9.17, 15) is 23.9 Å². The highest BCUT2D eigenvalue weighted by atomic mass is 32.2. The maximum atomic E-state index is 17.4. The number of hydrogen-bond acceptors (Lipinski definition) is 6. The van der Waals surface area contributed by atoms with Gasteiger partial charge >= 0.3 is 5.97 Å². The Labute approximate surface area is 208 Å². The minimum absolute atomic E-state index is 0.0350. The van der Waals surface area contributed by atoms with E-state index >= 15 is 8.78 Å². The lowest BCUT2D eigenvalue weighted by Crippen LogP contribution is -2.70. The van der Waals surface area contributed by atoms with E-state index in [1.807, 2.05) is 0 Å². The van der Waals surface area contributed by atoms with Gasteiger partial charge in [0.25, 0.3) is 0 Å². The molecule has 34 heavy (non-hydrogen) atoms. The third kappa shape index (κ3) is 3.01. The van der Waals surface area contributed by atoms with Crippen LogP contribution in [0.4, 0.5) is 13.2 Å². The normalized spacial score (nSPS) is 50.3. The molecular weight excluding hydrogens is 469 g/mol. The monoisotopic (exact) mass is 505 g/mol. The second-order valence-electron chi connectivity index (χ2n) is 10.3. The Balaban J connectivity index is 1.87. The number of ketones is 1. The zero-order valence-corrected chi connectivity index (χ0v) is 19.9. The van der Waals surface area contributed by atoms with Gasteiger partial charge in [-0.05, 0) is 61.6 Å². The van der Waals surface area contributed by atoms with Gasteiger partial charge in [-0.3, -0.25) is 14.4 Å². The Morgan fingerprint density at radius 3 is 2.71 bits per heavy atom. The Kier molecular flexibility index (Phi) is 4.73. The third-order valence-electron chi connectivity index (χ3n) is 9.01. The van der Waals surface area contributed by atoms with Crippen molar-refractivity contribution in [1.29, 1.82) is 0 Å². The summed E-state index contributed by atoms with van der Waals surface area (Å²) in [6, 6.07) is -1.24. The van der Waals surface area contributed by atoms with Crippen molar-refractivity contribution in [2.45, 2.75) is 76.8 Å². The molecule has 4 rings (SSSR count). The molecule has 5 nitrogen and oxygen atoms in total. The van der Waals surface area contributed by atoms with Crippen molar-refractivity contribution in [3.8, 4) is 0 Å². The first-order valence-corrected chi connectivity index (χ1v) is 12.2. The number of fused-ring (bicyclic) bond motifs is 5. The van der Waals surface area contributed by atoms with Gasteiger partial charge in [-0.1, -0.05) is 26.8 Å². The molecular formula is C25H31F3O5S. The number of alkyl halides is 3. The van der Waals surface area contributed by atoms with Crippen molar-refractivity contribution >= 4 is 28.6 Å². The molecule has 0 spiro atoms. The zero-order chi connectivity index (χ0) is 29.6. The number of aliphatic hydroxyl groups excluding tert-OH is 1. The maximum Gasteiger partial charge on any atom is 0.306 e. The van der Waals surface area contributed by atoms with Crippen LogP contribution in [0.2, 0.25) is 0 Å². The summed E-state index contributed by atoms with van der Waals surface area (Å²) < 4.78 is 90.0. The summed E-state index contributed by atoms with van der Waals surface area (Å²) >= 11 is 0.140. The second kappa shape index (κ2) is 8.22. The number of halogens is 3. The molecule has 0 unspecified atom stereocenters. The van der Waals surface area contributed by atoms with Gasteiger partial charge in [-0.2, -0.15) is 0 Å². The van der Waals surface area contributed by atoms with Crippen molar-refractivity contribution in [3.63, 3.8) is 0 Å². The van der Waals surface area contributed by atoms with Crippen LogP contribution in [0.3, 0.4) is 0 Å². The molecule has 9 heteroatoms. The summed E-state index contributed by atoms with van der Waals surface area (Å²) in [7, 11) is 0. The lowest BCUT2D eigenvalue weighted by molar-refractivity contribution is -0.228. The molecule has 0 aromatic rings. The largest absolute Gasteiger partial charge is 0.449 e. The Morgan fingerprint density at radius 2 is 2.06 bits per heavy atom. The topological polar surface area (TPSA) is 80.7 Å². The molecule has 0 radical (unpaired) electrons. The summed E-state index contributed by atoms with van der Waals surface area (Å²) in [5, 5.41) is 10.4. The number of thioether (sulfide) groups is 1. The molecule has 0 amide bonds. The predicted octanol–water partition coefficient (Wildman–Crippen LogP) is 4.43. The minimum Gasteiger partial charge on any atom is -0.449 e. The average Bonchev–Trinajstić information content (AvgIpc) is 3.03. The number of ether oxygens (including phenoxy) is 1. The van der Waals surface area contributed by atoms with Crippen LogP contribution in [0.15, 0.2) is 23.8 Å². The molecule has 0 aliphatic heterocycles. The van der Waals surface area contributed by atoms with Crippen molar-refractivity contribution in [3.05, 3.63) is 23.8 Å². The first-order chi connectivity index (χ1) is 17.8. The summed E-state index contributed by atoms with van der Waals surface area (Å²) in [5.41, 5.74) is -8.28. The number of aliphatic hydroxyl groups is 1. The standard InChI is InChI=1S/C25H31F3O5S/c1-5-20(31)33-25(21(32)34-12-26)13(2)8-15-16-10-18(27)17-9-14(29)6-7-22(17,3)24(16,28)19(30)11-23(15,25)4/h6-7,9,13,15-16,18-19,30H,5,8,10-12H2,1-4H3/t13-,15+,16+,18+,19+,22+,23+,24+,25+/m1/s1/i1D3,5D2. The second-order valence-corrected chi connectivity index (χ2v) is 11.2. The van der Waals surface area contributed by atoms with Crippen LogP contribution >= 0.6 is 11.8 Å². The lowest BCUT2D eigenvalue weighted by Gasteiger charge is -2.63. The van der Waals surface area contributed by atoms with Gasteiger partial charge in [0.2, 0.25) is 5.12 Å². The number of esters is 1. The van der Waals surface area contributed by atoms with E-state index in [1.54, 1.807) is 0 Å². The van der Waals surface area contributed by atoms with Gasteiger partial charge in [0.05, 0.1) is 6.10 Å². The van der Waals surface area contributed by atoms with E-state index in [4.69, 9.17) is 11.6 Å². The predicted molar refractivity (Wildman–Crippen MR) is 121 cm³/mol. The van der Waals surface area contributed by atoms with Crippen LogP contribution in [-0.2, 0) is 19.1 Å². The zero-order valence-electron chi connectivity index (χ0n) is 24.1. The molecule has 0 heterocycles. The summed E-state index contributed by atoms with van der Waals surface area (Å²) in [5.74, 6) is -5.53. The number of rotatable bonds is 4. The van der Waals surface area contributed by atoms with Crippen LogP contribution < -0.4 is 0 Å². The third-order valence-corrected chi connectivity index (χ3v) is 9.69. The van der Waals surface area contributed by atoms with Gasteiger partial charge in [0, 0.05) is 35.9 Å². The highest BCUT2D eigenvalue weighted by Gasteiger charge is 2.78. The van der Waals surface area contributed by atoms with E-state index in [2.05, 4.69) is 0 Å². The highest BCUT2D eigenvalue weighted by molar-refractivity contribution is 8.13. The molecule has 4 aliphatic rings. The Bertz CT molecular complexity index is 1160. The first kappa shape index (κ1) is 19.6. The summed E-state index contributed by atoms with van der Waals surface area (Å²) in [6.45, 7) is 0.830. The summed E-state index contributed by atoms with van der Waals surface area (Å²) in [6.07, 6.45) is -4.77. The minimum atomic E-state index is -3.53. The number of allylic oxidation sites excluding steroid dienone is 4. The quantitative estimate of drug-likeness (QED) is 0.570. The van der Waals surface area contributed by atoms with Crippen molar-refractivity contribution in [2.24, 2.45) is 28.6 Å². The number of carbonyl (C=O) groups is 3. The molecule has 3 fully saturated rings. The molecule has 0 aromatic heterocycles. The van der Waals surface area contributed by atoms with E-state index in [-0.39, 0.29) is 23.8 Å². The molecule has 188 valence electrons. The number of carbonyl (C=O) groups excluding carboxylic acids is 3. The van der Waals surface area contributed by atoms with Crippen LogP contribution in [-0.4, -0.2) is 51.5 Å². The van der Waals surface area contributed by atoms with Crippen LogP contribution in [0.25, 0.3) is 0 Å². The summed E-state index contributed by atoms with van der Waals surface area (Å²) in [4.78, 5) is 38.6. The Morgan fingerprint density at radius 1 is 1.35 bits per heavy atom. The first-order valence-electron chi connectivity index (χ1n) is 13.7.